The molecule has 0 radical (unpaired) electrons. The van der Waals surface area contributed by atoms with Crippen molar-refractivity contribution >= 4 is 5.91 Å². The standard InChI is InChI=1S/C6H9N3O/c1-6(4-5(7)10)2-3-8-9-6/h2-3H,4H2,1H3,(H2,7,10). The van der Waals surface area contributed by atoms with E-state index in [0.717, 1.165) is 0 Å². The van der Waals surface area contributed by atoms with Crippen LogP contribution in [0, 0.1) is 0 Å². The quantitative estimate of drug-likeness (QED) is 0.598. The largest absolute Gasteiger partial charge is 0.370 e. The van der Waals surface area contributed by atoms with Gasteiger partial charge in [0.15, 0.2) is 0 Å². The number of amides is 1. The van der Waals surface area contributed by atoms with Crippen LogP contribution in [0.1, 0.15) is 13.3 Å². The second-order valence-corrected chi connectivity index (χ2v) is 2.53. The van der Waals surface area contributed by atoms with E-state index in [4.69, 9.17) is 5.73 Å². The van der Waals surface area contributed by atoms with E-state index in [-0.39, 0.29) is 12.3 Å². The van der Waals surface area contributed by atoms with Gasteiger partial charge in [0.05, 0.1) is 6.42 Å². The molecule has 0 fully saturated rings. The molecule has 1 rings (SSSR count). The van der Waals surface area contributed by atoms with Crippen molar-refractivity contribution in [1.82, 2.24) is 0 Å². The maximum Gasteiger partial charge on any atom is 0.220 e. The summed E-state index contributed by atoms with van der Waals surface area (Å²) in [6.45, 7) is 1.81. The smallest absolute Gasteiger partial charge is 0.220 e. The molecule has 1 atom stereocenters. The van der Waals surface area contributed by atoms with Gasteiger partial charge in [0.2, 0.25) is 5.91 Å². The molecule has 0 saturated carbocycles. The third-order valence-electron chi connectivity index (χ3n) is 1.32. The summed E-state index contributed by atoms with van der Waals surface area (Å²) in [5, 5.41) is 7.45. The molecule has 4 nitrogen and oxygen atoms in total. The molecule has 0 spiro atoms. The van der Waals surface area contributed by atoms with Gasteiger partial charge < -0.3 is 5.73 Å². The van der Waals surface area contributed by atoms with E-state index in [2.05, 4.69) is 10.2 Å². The Kier molecular flexibility index (Phi) is 1.53. The van der Waals surface area contributed by atoms with Crippen LogP contribution in [0.2, 0.25) is 0 Å². The monoisotopic (exact) mass is 139 g/mol. The summed E-state index contributed by atoms with van der Waals surface area (Å²) in [7, 11) is 0. The number of nitrogens with two attached hydrogens (primary N) is 1. The predicted octanol–water partition coefficient (Wildman–Crippen LogP) is 0.600. The van der Waals surface area contributed by atoms with Crippen LogP contribution < -0.4 is 5.73 Å². The van der Waals surface area contributed by atoms with Crippen molar-refractivity contribution in [1.29, 1.82) is 0 Å². The zero-order chi connectivity index (χ0) is 7.61. The SMILES string of the molecule is CC1(CC(N)=O)C=CN=N1. The van der Waals surface area contributed by atoms with Crippen LogP contribution in [0.15, 0.2) is 22.5 Å². The molecule has 1 aliphatic heterocycles. The average Bonchev–Trinajstić information content (AvgIpc) is 2.12. The van der Waals surface area contributed by atoms with Gasteiger partial charge in [0.25, 0.3) is 0 Å². The number of nitrogens with zero attached hydrogens (tertiary/aromatic N) is 2. The van der Waals surface area contributed by atoms with Crippen LogP contribution in [0.3, 0.4) is 0 Å². The van der Waals surface area contributed by atoms with Gasteiger partial charge in [-0.1, -0.05) is 0 Å². The lowest BCUT2D eigenvalue weighted by Gasteiger charge is -2.12. The molecule has 0 aromatic rings. The lowest BCUT2D eigenvalue weighted by Crippen LogP contribution is -2.25. The molecule has 0 aliphatic carbocycles. The Bertz CT molecular complexity index is 195. The normalized spacial score (nSPS) is 29.3. The predicted molar refractivity (Wildman–Crippen MR) is 36.2 cm³/mol. The highest BCUT2D eigenvalue weighted by molar-refractivity contribution is 5.75. The molecule has 10 heavy (non-hydrogen) atoms. The molecule has 0 aromatic carbocycles. The summed E-state index contributed by atoms with van der Waals surface area (Å²) in [5.41, 5.74) is 4.50. The number of carbonyl (C=O) groups excluding carboxylic acids is 1. The third kappa shape index (κ3) is 1.40. The molecule has 2 N–H and O–H groups in total. The van der Waals surface area contributed by atoms with Crippen molar-refractivity contribution in [3.63, 3.8) is 0 Å². The Balaban J connectivity index is 2.62. The molecule has 54 valence electrons. The van der Waals surface area contributed by atoms with E-state index in [1.54, 1.807) is 12.3 Å². The van der Waals surface area contributed by atoms with E-state index in [9.17, 15) is 4.79 Å². The fourth-order valence-electron chi connectivity index (χ4n) is 0.839. The molecule has 0 saturated heterocycles. The van der Waals surface area contributed by atoms with Crippen molar-refractivity contribution in [3.05, 3.63) is 12.3 Å². The van der Waals surface area contributed by atoms with Crippen LogP contribution in [-0.4, -0.2) is 11.4 Å². The molecule has 1 amide bonds. The van der Waals surface area contributed by atoms with Crippen LogP contribution in [0.25, 0.3) is 0 Å². The number of hydrogen-bond donors (Lipinski definition) is 1. The number of rotatable bonds is 2. The molecule has 4 heteroatoms. The van der Waals surface area contributed by atoms with Crippen LogP contribution >= 0.6 is 0 Å². The Morgan fingerprint density at radius 2 is 2.50 bits per heavy atom. The minimum atomic E-state index is -0.480. The number of primary amides is 1. The topological polar surface area (TPSA) is 67.8 Å². The second kappa shape index (κ2) is 2.21. The number of hydrogen-bond acceptors (Lipinski definition) is 3. The maximum absolute atomic E-state index is 10.4. The summed E-state index contributed by atoms with van der Waals surface area (Å²) >= 11 is 0. The molecule has 1 aliphatic rings. The lowest BCUT2D eigenvalue weighted by atomic mass is 10.00. The van der Waals surface area contributed by atoms with Gasteiger partial charge in [-0.25, -0.2) is 0 Å². The lowest BCUT2D eigenvalue weighted by molar-refractivity contribution is -0.118. The zero-order valence-electron chi connectivity index (χ0n) is 5.74. The highest BCUT2D eigenvalue weighted by Gasteiger charge is 2.25. The van der Waals surface area contributed by atoms with E-state index < -0.39 is 5.54 Å². The fraction of sp³-hybridized carbons (Fsp3) is 0.500. The third-order valence-corrected chi connectivity index (χ3v) is 1.32. The molecule has 0 aromatic heterocycles. The summed E-state index contributed by atoms with van der Waals surface area (Å²) in [6, 6.07) is 0. The average molecular weight is 139 g/mol. The number of carbonyl (C=O) groups is 1. The minimum absolute atomic E-state index is 0.229. The van der Waals surface area contributed by atoms with Gasteiger partial charge >= 0.3 is 0 Å². The highest BCUT2D eigenvalue weighted by Crippen LogP contribution is 2.21. The van der Waals surface area contributed by atoms with Crippen molar-refractivity contribution in [3.8, 4) is 0 Å². The summed E-state index contributed by atoms with van der Waals surface area (Å²) in [5.74, 6) is -0.354. The maximum atomic E-state index is 10.4. The van der Waals surface area contributed by atoms with Gasteiger partial charge in [0, 0.05) is 6.20 Å². The molecule has 1 unspecified atom stereocenters. The Hall–Kier alpha value is -1.19. The van der Waals surface area contributed by atoms with E-state index in [1.165, 1.54) is 0 Å². The molecule has 0 bridgehead atoms. The minimum Gasteiger partial charge on any atom is -0.370 e. The fourth-order valence-corrected chi connectivity index (χ4v) is 0.839. The Morgan fingerprint density at radius 3 is 2.90 bits per heavy atom. The first kappa shape index (κ1) is 6.92. The van der Waals surface area contributed by atoms with Gasteiger partial charge in [-0.2, -0.15) is 10.2 Å². The van der Waals surface area contributed by atoms with Gasteiger partial charge in [-0.15, -0.1) is 0 Å². The van der Waals surface area contributed by atoms with Crippen LogP contribution in [0.4, 0.5) is 0 Å². The summed E-state index contributed by atoms with van der Waals surface area (Å²) < 4.78 is 0. The first-order chi connectivity index (χ1) is 4.62. The summed E-state index contributed by atoms with van der Waals surface area (Å²) in [6.07, 6.45) is 3.56. The number of azo groups is 1. The van der Waals surface area contributed by atoms with Crippen molar-refractivity contribution in [2.75, 3.05) is 0 Å². The van der Waals surface area contributed by atoms with Crippen molar-refractivity contribution in [2.24, 2.45) is 16.0 Å². The van der Waals surface area contributed by atoms with Crippen LogP contribution in [0.5, 0.6) is 0 Å². The Morgan fingerprint density at radius 1 is 1.80 bits per heavy atom. The first-order valence-corrected chi connectivity index (χ1v) is 3.00. The zero-order valence-corrected chi connectivity index (χ0v) is 5.74. The first-order valence-electron chi connectivity index (χ1n) is 3.00. The van der Waals surface area contributed by atoms with Crippen molar-refractivity contribution in [2.45, 2.75) is 18.9 Å². The van der Waals surface area contributed by atoms with Crippen molar-refractivity contribution < 1.29 is 4.79 Å². The Labute approximate surface area is 58.8 Å². The van der Waals surface area contributed by atoms with Gasteiger partial charge in [0.1, 0.15) is 5.54 Å². The van der Waals surface area contributed by atoms with E-state index in [0.29, 0.717) is 0 Å². The molecular weight excluding hydrogens is 130 g/mol. The highest BCUT2D eigenvalue weighted by atomic mass is 16.1. The van der Waals surface area contributed by atoms with E-state index in [1.807, 2.05) is 6.92 Å². The van der Waals surface area contributed by atoms with Crippen LogP contribution in [-0.2, 0) is 4.79 Å². The van der Waals surface area contributed by atoms with Gasteiger partial charge in [-0.05, 0) is 13.0 Å². The second-order valence-electron chi connectivity index (χ2n) is 2.53. The summed E-state index contributed by atoms with van der Waals surface area (Å²) in [4.78, 5) is 10.4. The van der Waals surface area contributed by atoms with E-state index >= 15 is 0 Å². The molecule has 1 heterocycles. The van der Waals surface area contributed by atoms with Gasteiger partial charge in [-0.3, -0.25) is 4.79 Å². The molecular formula is C6H9N3O.